The van der Waals surface area contributed by atoms with Gasteiger partial charge in [-0.3, -0.25) is 0 Å². The van der Waals surface area contributed by atoms with E-state index in [1.165, 1.54) is 0 Å². The Morgan fingerprint density at radius 2 is 2.05 bits per heavy atom. The second-order valence-corrected chi connectivity index (χ2v) is 5.31. The lowest BCUT2D eigenvalue weighted by Gasteiger charge is -2.02. The third-order valence-electron chi connectivity index (χ3n) is 3.46. The average molecular weight is 271 g/mol. The van der Waals surface area contributed by atoms with Crippen molar-refractivity contribution in [1.29, 1.82) is 0 Å². The predicted molar refractivity (Wildman–Crippen MR) is 75.2 cm³/mol. The van der Waals surface area contributed by atoms with E-state index in [4.69, 9.17) is 9.36 Å². The van der Waals surface area contributed by atoms with Crippen LogP contribution in [0, 0.1) is 12.8 Å². The summed E-state index contributed by atoms with van der Waals surface area (Å²) in [7, 11) is 0. The quantitative estimate of drug-likeness (QED) is 0.857. The maximum Gasteiger partial charge on any atom is 0.271 e. The molecule has 0 saturated carbocycles. The van der Waals surface area contributed by atoms with Crippen LogP contribution < -0.4 is 0 Å². The van der Waals surface area contributed by atoms with E-state index in [9.17, 15) is 0 Å². The smallest absolute Gasteiger partial charge is 0.271 e. The SMILES string of the molecule is Cc1ccccc1-c1noc([C@H]2CC(C(C)C)=NO2)n1. The van der Waals surface area contributed by atoms with Crippen molar-refractivity contribution in [2.45, 2.75) is 33.3 Å². The summed E-state index contributed by atoms with van der Waals surface area (Å²) in [6.45, 7) is 6.21. The van der Waals surface area contributed by atoms with Gasteiger partial charge in [0.05, 0.1) is 5.71 Å². The molecule has 1 aromatic heterocycles. The number of hydrogen-bond acceptors (Lipinski definition) is 5. The monoisotopic (exact) mass is 271 g/mol. The molecule has 1 aromatic carbocycles. The van der Waals surface area contributed by atoms with Gasteiger partial charge < -0.3 is 9.36 Å². The number of rotatable bonds is 3. The Balaban J connectivity index is 1.81. The molecule has 5 heteroatoms. The van der Waals surface area contributed by atoms with Crippen LogP contribution in [0.1, 0.15) is 37.8 Å². The molecular weight excluding hydrogens is 254 g/mol. The Morgan fingerprint density at radius 3 is 2.75 bits per heavy atom. The van der Waals surface area contributed by atoms with Crippen molar-refractivity contribution in [3.63, 3.8) is 0 Å². The molecule has 0 aliphatic carbocycles. The normalized spacial score (nSPS) is 18.2. The highest BCUT2D eigenvalue weighted by molar-refractivity contribution is 5.87. The van der Waals surface area contributed by atoms with E-state index in [0.29, 0.717) is 24.1 Å². The van der Waals surface area contributed by atoms with Gasteiger partial charge in [0, 0.05) is 12.0 Å². The van der Waals surface area contributed by atoms with E-state index in [0.717, 1.165) is 16.8 Å². The number of aromatic nitrogens is 2. The summed E-state index contributed by atoms with van der Waals surface area (Å²) >= 11 is 0. The van der Waals surface area contributed by atoms with Crippen LogP contribution in [0.3, 0.4) is 0 Å². The standard InChI is InChI=1S/C15H17N3O2/c1-9(2)12-8-13(19-17-12)15-16-14(18-20-15)11-7-5-4-6-10(11)3/h4-7,9,13H,8H2,1-3H3/t13-/m1/s1. The highest BCUT2D eigenvalue weighted by atomic mass is 16.7. The van der Waals surface area contributed by atoms with Gasteiger partial charge in [-0.2, -0.15) is 4.98 Å². The zero-order valence-corrected chi connectivity index (χ0v) is 11.8. The van der Waals surface area contributed by atoms with Gasteiger partial charge in [-0.15, -0.1) is 0 Å². The summed E-state index contributed by atoms with van der Waals surface area (Å²) in [6, 6.07) is 7.96. The first kappa shape index (κ1) is 12.8. The van der Waals surface area contributed by atoms with Crippen LogP contribution in [-0.2, 0) is 4.84 Å². The molecule has 1 aliphatic rings. The summed E-state index contributed by atoms with van der Waals surface area (Å²) in [5, 5.41) is 8.13. The molecule has 0 amide bonds. The molecule has 5 nitrogen and oxygen atoms in total. The van der Waals surface area contributed by atoms with Gasteiger partial charge in [-0.05, 0) is 18.4 Å². The van der Waals surface area contributed by atoms with Gasteiger partial charge in [0.1, 0.15) is 0 Å². The lowest BCUT2D eigenvalue weighted by molar-refractivity contribution is 0.0599. The molecule has 0 N–H and O–H groups in total. The van der Waals surface area contributed by atoms with Crippen LogP contribution in [0.4, 0.5) is 0 Å². The topological polar surface area (TPSA) is 60.5 Å². The summed E-state index contributed by atoms with van der Waals surface area (Å²) in [5.74, 6) is 1.46. The molecule has 0 fully saturated rings. The van der Waals surface area contributed by atoms with E-state index >= 15 is 0 Å². The molecule has 2 heterocycles. The molecular formula is C15H17N3O2. The summed E-state index contributed by atoms with van der Waals surface area (Å²) < 4.78 is 5.33. The fourth-order valence-corrected chi connectivity index (χ4v) is 2.17. The summed E-state index contributed by atoms with van der Waals surface area (Å²) in [4.78, 5) is 9.83. The second kappa shape index (κ2) is 5.07. The molecule has 20 heavy (non-hydrogen) atoms. The first-order chi connectivity index (χ1) is 9.65. The molecule has 1 aliphatic heterocycles. The van der Waals surface area contributed by atoms with Crippen molar-refractivity contribution < 1.29 is 9.36 Å². The van der Waals surface area contributed by atoms with E-state index in [-0.39, 0.29) is 6.10 Å². The molecule has 104 valence electrons. The van der Waals surface area contributed by atoms with Gasteiger partial charge in [0.15, 0.2) is 0 Å². The van der Waals surface area contributed by atoms with Crippen molar-refractivity contribution in [2.24, 2.45) is 11.1 Å². The minimum atomic E-state index is -0.252. The lowest BCUT2D eigenvalue weighted by Crippen LogP contribution is -2.06. The summed E-state index contributed by atoms with van der Waals surface area (Å²) in [6.07, 6.45) is 0.463. The first-order valence-electron chi connectivity index (χ1n) is 6.77. The van der Waals surface area contributed by atoms with E-state index in [1.54, 1.807) is 0 Å². The maximum atomic E-state index is 5.38. The van der Waals surface area contributed by atoms with Crippen LogP contribution in [0.5, 0.6) is 0 Å². The Kier molecular flexibility index (Phi) is 3.26. The van der Waals surface area contributed by atoms with Crippen LogP contribution >= 0.6 is 0 Å². The van der Waals surface area contributed by atoms with Gasteiger partial charge in [0.25, 0.3) is 5.89 Å². The Labute approximate surface area is 117 Å². The average Bonchev–Trinajstić information content (AvgIpc) is 3.08. The van der Waals surface area contributed by atoms with Crippen LogP contribution in [0.2, 0.25) is 0 Å². The number of nitrogens with zero attached hydrogens (tertiary/aromatic N) is 3. The van der Waals surface area contributed by atoms with Crippen molar-refractivity contribution in [3.8, 4) is 11.4 Å². The van der Waals surface area contributed by atoms with Crippen molar-refractivity contribution >= 4 is 5.71 Å². The minimum Gasteiger partial charge on any atom is -0.382 e. The van der Waals surface area contributed by atoms with Gasteiger partial charge >= 0.3 is 0 Å². The van der Waals surface area contributed by atoms with Gasteiger partial charge in [-0.25, -0.2) is 0 Å². The van der Waals surface area contributed by atoms with E-state index in [2.05, 4.69) is 29.1 Å². The third-order valence-corrected chi connectivity index (χ3v) is 3.46. The molecule has 0 unspecified atom stereocenters. The molecule has 2 aromatic rings. The van der Waals surface area contributed by atoms with Gasteiger partial charge in [0.2, 0.25) is 11.9 Å². The summed E-state index contributed by atoms with van der Waals surface area (Å²) in [5.41, 5.74) is 3.13. The molecule has 0 spiro atoms. The van der Waals surface area contributed by atoms with Crippen molar-refractivity contribution in [3.05, 3.63) is 35.7 Å². The predicted octanol–water partition coefficient (Wildman–Crippen LogP) is 3.52. The third kappa shape index (κ3) is 2.31. The highest BCUT2D eigenvalue weighted by Crippen LogP contribution is 2.30. The molecule has 3 rings (SSSR count). The van der Waals surface area contributed by atoms with Crippen LogP contribution in [-0.4, -0.2) is 15.9 Å². The van der Waals surface area contributed by atoms with Crippen LogP contribution in [0.25, 0.3) is 11.4 Å². The Bertz CT molecular complexity index is 646. The zero-order chi connectivity index (χ0) is 14.1. The zero-order valence-electron chi connectivity index (χ0n) is 11.8. The van der Waals surface area contributed by atoms with E-state index in [1.807, 2.05) is 31.2 Å². The van der Waals surface area contributed by atoms with Crippen molar-refractivity contribution in [1.82, 2.24) is 10.1 Å². The maximum absolute atomic E-state index is 5.38. The van der Waals surface area contributed by atoms with Crippen LogP contribution in [0.15, 0.2) is 33.9 Å². The lowest BCUT2D eigenvalue weighted by atomic mass is 10.0. The molecule has 1 atom stereocenters. The fraction of sp³-hybridized carbons (Fsp3) is 0.400. The Hall–Kier alpha value is -2.17. The number of benzene rings is 1. The molecule has 0 radical (unpaired) electrons. The first-order valence-corrected chi connectivity index (χ1v) is 6.77. The van der Waals surface area contributed by atoms with Gasteiger partial charge in [-0.1, -0.05) is 48.4 Å². The highest BCUT2D eigenvalue weighted by Gasteiger charge is 2.29. The molecule has 0 bridgehead atoms. The largest absolute Gasteiger partial charge is 0.382 e. The Morgan fingerprint density at radius 1 is 1.25 bits per heavy atom. The second-order valence-electron chi connectivity index (χ2n) is 5.31. The molecule has 0 saturated heterocycles. The number of oxime groups is 1. The number of hydrogen-bond donors (Lipinski definition) is 0. The van der Waals surface area contributed by atoms with Crippen molar-refractivity contribution in [2.75, 3.05) is 0 Å². The number of aryl methyl sites for hydroxylation is 1. The fourth-order valence-electron chi connectivity index (χ4n) is 2.17. The minimum absolute atomic E-state index is 0.252. The van der Waals surface area contributed by atoms with E-state index < -0.39 is 0 Å².